The summed E-state index contributed by atoms with van der Waals surface area (Å²) < 4.78 is 32.6. The Kier molecular flexibility index (Phi) is 5.53. The van der Waals surface area contributed by atoms with Gasteiger partial charge < -0.3 is 14.5 Å². The van der Waals surface area contributed by atoms with Crippen molar-refractivity contribution in [3.63, 3.8) is 0 Å². The number of aryl methyl sites for hydroxylation is 1. The van der Waals surface area contributed by atoms with E-state index in [9.17, 15) is 13.2 Å². The van der Waals surface area contributed by atoms with Gasteiger partial charge in [-0.15, -0.1) is 5.10 Å². The quantitative estimate of drug-likeness (QED) is 0.559. The zero-order valence-electron chi connectivity index (χ0n) is 17.4. The third-order valence-corrected chi connectivity index (χ3v) is 7.61. The fourth-order valence-corrected chi connectivity index (χ4v) is 5.49. The Hall–Kier alpha value is -3.02. The summed E-state index contributed by atoms with van der Waals surface area (Å²) in [6.07, 6.45) is 1.83. The summed E-state index contributed by atoms with van der Waals surface area (Å²) in [6, 6.07) is 12.4. The Morgan fingerprint density at radius 1 is 1.09 bits per heavy atom. The van der Waals surface area contributed by atoms with Gasteiger partial charge in [0.2, 0.25) is 10.0 Å². The lowest BCUT2D eigenvalue weighted by atomic mass is 10.0. The number of hydrogen-bond donors (Lipinski definition) is 0. The summed E-state index contributed by atoms with van der Waals surface area (Å²) in [5.41, 5.74) is 2.89. The Balaban J connectivity index is 1.35. The van der Waals surface area contributed by atoms with E-state index in [0.29, 0.717) is 43.9 Å². The first-order valence-corrected chi connectivity index (χ1v) is 11.9. The van der Waals surface area contributed by atoms with E-state index >= 15 is 0 Å². The highest BCUT2D eigenvalue weighted by Crippen LogP contribution is 2.26. The molecule has 0 saturated carbocycles. The molecule has 0 unspecified atom stereocenters. The van der Waals surface area contributed by atoms with Crippen LogP contribution in [0.3, 0.4) is 0 Å². The summed E-state index contributed by atoms with van der Waals surface area (Å²) in [5, 5.41) is 7.95. The molecule has 168 valence electrons. The van der Waals surface area contributed by atoms with Gasteiger partial charge in [0.25, 0.3) is 5.91 Å². The third-order valence-electron chi connectivity index (χ3n) is 5.72. The number of para-hydroxylation sites is 1. The molecule has 0 N–H and O–H groups in total. The van der Waals surface area contributed by atoms with Crippen molar-refractivity contribution >= 4 is 32.7 Å². The number of fused-ring (bicyclic) bond motifs is 2. The van der Waals surface area contributed by atoms with Crippen LogP contribution in [0, 0.1) is 0 Å². The molecule has 0 radical (unpaired) electrons. The summed E-state index contributed by atoms with van der Waals surface area (Å²) in [4.78, 5) is 21.4. The number of nitrogens with zero attached hydrogens (tertiary/aromatic N) is 5. The predicted octanol–water partition coefficient (Wildman–Crippen LogP) is 0.860. The molecule has 10 nitrogen and oxygen atoms in total. The van der Waals surface area contributed by atoms with Crippen LogP contribution < -0.4 is 9.74 Å². The largest absolute Gasteiger partial charge is 0.385 e. The molecule has 0 spiro atoms. The number of benzene rings is 2. The summed E-state index contributed by atoms with van der Waals surface area (Å²) in [6.45, 7) is 1.73. The Labute approximate surface area is 185 Å². The number of amides is 1. The molecule has 11 heteroatoms. The first-order valence-electron chi connectivity index (χ1n) is 10.5. The normalized spacial score (nSPS) is 17.3. The van der Waals surface area contributed by atoms with Crippen LogP contribution in [-0.2, 0) is 26.0 Å². The van der Waals surface area contributed by atoms with E-state index in [0.717, 1.165) is 28.9 Å². The number of sulfonamides is 1. The molecule has 1 saturated heterocycles. The molecular formula is C21H23N5O5S. The van der Waals surface area contributed by atoms with E-state index < -0.39 is 10.0 Å². The van der Waals surface area contributed by atoms with Crippen LogP contribution in [0.5, 0.6) is 0 Å². The number of aromatic nitrogens is 3. The second kappa shape index (κ2) is 8.49. The number of rotatable bonds is 5. The second-order valence-corrected chi connectivity index (χ2v) is 9.62. The molecule has 32 heavy (non-hydrogen) atoms. The Morgan fingerprint density at radius 2 is 1.91 bits per heavy atom. The van der Waals surface area contributed by atoms with Gasteiger partial charge in [-0.2, -0.15) is 4.31 Å². The highest BCUT2D eigenvalue weighted by Gasteiger charge is 2.27. The molecule has 0 aliphatic carbocycles. The number of anilines is 1. The van der Waals surface area contributed by atoms with Gasteiger partial charge in [-0.3, -0.25) is 4.79 Å². The average Bonchev–Trinajstić information content (AvgIpc) is 3.25. The minimum atomic E-state index is -3.68. The lowest BCUT2D eigenvalue weighted by molar-refractivity contribution is -0.123. The van der Waals surface area contributed by atoms with E-state index in [-0.39, 0.29) is 17.4 Å². The number of carbonyl (C=O) groups excluding carboxylic acids is 1. The first kappa shape index (κ1) is 20.9. The smallest absolute Gasteiger partial charge is 0.267 e. The Morgan fingerprint density at radius 3 is 2.75 bits per heavy atom. The van der Waals surface area contributed by atoms with E-state index in [4.69, 9.17) is 9.57 Å². The van der Waals surface area contributed by atoms with Gasteiger partial charge in [0, 0.05) is 25.3 Å². The number of hydrogen-bond acceptors (Lipinski definition) is 7. The van der Waals surface area contributed by atoms with Crippen LogP contribution in [0.25, 0.3) is 11.0 Å². The minimum Gasteiger partial charge on any atom is -0.385 e. The van der Waals surface area contributed by atoms with Crippen LogP contribution in [-0.4, -0.2) is 73.2 Å². The SMILES string of the molecule is O=C(COn1nnc2ccc(S(=O)(=O)N3CCOCC3)cc21)N1CCCc2ccccc21. The maximum Gasteiger partial charge on any atom is 0.267 e. The molecular weight excluding hydrogens is 434 g/mol. The van der Waals surface area contributed by atoms with E-state index in [1.165, 1.54) is 16.4 Å². The molecule has 2 aliphatic rings. The third kappa shape index (κ3) is 3.83. The molecule has 0 atom stereocenters. The summed E-state index contributed by atoms with van der Waals surface area (Å²) in [7, 11) is -3.68. The maximum atomic E-state index is 13.0. The zero-order chi connectivity index (χ0) is 22.1. The van der Waals surface area contributed by atoms with Crippen LogP contribution in [0.1, 0.15) is 12.0 Å². The van der Waals surface area contributed by atoms with Crippen molar-refractivity contribution in [3.05, 3.63) is 48.0 Å². The highest BCUT2D eigenvalue weighted by molar-refractivity contribution is 7.89. The molecule has 2 aromatic carbocycles. The van der Waals surface area contributed by atoms with Crippen molar-refractivity contribution in [2.45, 2.75) is 17.7 Å². The van der Waals surface area contributed by atoms with Crippen LogP contribution in [0.15, 0.2) is 47.4 Å². The average molecular weight is 458 g/mol. The lowest BCUT2D eigenvalue weighted by Crippen LogP contribution is -2.40. The Bertz CT molecular complexity index is 1250. The maximum absolute atomic E-state index is 13.0. The molecule has 1 aromatic heterocycles. The zero-order valence-corrected chi connectivity index (χ0v) is 18.2. The van der Waals surface area contributed by atoms with Crippen molar-refractivity contribution in [1.82, 2.24) is 19.5 Å². The van der Waals surface area contributed by atoms with Crippen molar-refractivity contribution in [2.75, 3.05) is 44.4 Å². The number of morpholine rings is 1. The fourth-order valence-electron chi connectivity index (χ4n) is 4.06. The second-order valence-electron chi connectivity index (χ2n) is 7.68. The first-order chi connectivity index (χ1) is 15.5. The van der Waals surface area contributed by atoms with Gasteiger partial charge in [0.15, 0.2) is 6.61 Å². The van der Waals surface area contributed by atoms with Gasteiger partial charge in [-0.1, -0.05) is 23.0 Å². The molecule has 3 heterocycles. The van der Waals surface area contributed by atoms with E-state index in [1.54, 1.807) is 11.0 Å². The topological polar surface area (TPSA) is 107 Å². The molecule has 5 rings (SSSR count). The molecule has 2 aliphatic heterocycles. The van der Waals surface area contributed by atoms with Gasteiger partial charge in [0.05, 0.1) is 18.1 Å². The van der Waals surface area contributed by atoms with Crippen LogP contribution in [0.4, 0.5) is 5.69 Å². The van der Waals surface area contributed by atoms with Crippen molar-refractivity contribution in [3.8, 4) is 0 Å². The predicted molar refractivity (Wildman–Crippen MR) is 116 cm³/mol. The van der Waals surface area contributed by atoms with Crippen molar-refractivity contribution in [2.24, 2.45) is 0 Å². The monoisotopic (exact) mass is 457 g/mol. The van der Waals surface area contributed by atoms with Gasteiger partial charge in [-0.25, -0.2) is 8.42 Å². The lowest BCUT2D eigenvalue weighted by Gasteiger charge is -2.29. The van der Waals surface area contributed by atoms with Crippen LogP contribution >= 0.6 is 0 Å². The van der Waals surface area contributed by atoms with Gasteiger partial charge in [0.1, 0.15) is 11.0 Å². The van der Waals surface area contributed by atoms with Gasteiger partial charge >= 0.3 is 0 Å². The molecule has 0 bridgehead atoms. The minimum absolute atomic E-state index is 0.121. The van der Waals surface area contributed by atoms with Crippen molar-refractivity contribution < 1.29 is 22.8 Å². The molecule has 3 aromatic rings. The van der Waals surface area contributed by atoms with Gasteiger partial charge in [-0.05, 0) is 47.9 Å². The molecule has 1 fully saturated rings. The van der Waals surface area contributed by atoms with Crippen LogP contribution in [0.2, 0.25) is 0 Å². The number of ether oxygens (including phenoxy) is 1. The fraction of sp³-hybridized carbons (Fsp3) is 0.381. The standard InChI is InChI=1S/C21H23N5O5S/c27-21(25-9-3-5-16-4-1-2-6-19(16)25)15-31-26-20-14-17(7-8-18(20)22-23-26)32(28,29)24-10-12-30-13-11-24/h1-2,4,6-8,14H,3,5,9-13,15H2. The summed E-state index contributed by atoms with van der Waals surface area (Å²) in [5.74, 6) is -0.196. The van der Waals surface area contributed by atoms with Crippen molar-refractivity contribution in [1.29, 1.82) is 0 Å². The van der Waals surface area contributed by atoms with E-state index in [2.05, 4.69) is 10.3 Å². The van der Waals surface area contributed by atoms with E-state index in [1.807, 2.05) is 24.3 Å². The summed E-state index contributed by atoms with van der Waals surface area (Å²) >= 11 is 0. The highest BCUT2D eigenvalue weighted by atomic mass is 32.2. The molecule has 1 amide bonds. The number of carbonyl (C=O) groups is 1.